The van der Waals surface area contributed by atoms with Crippen LogP contribution in [0.15, 0.2) is 70.5 Å². The number of hydrogen-bond donors (Lipinski definition) is 0. The van der Waals surface area contributed by atoms with Crippen molar-refractivity contribution < 1.29 is 40.8 Å². The Hall–Kier alpha value is -5.10. The standard InChI is InChI=1S/C36H29F3N2O6S/c1-17-11-19(3)26(12-18(17)2)31(36(37,38)39)27-13-21(5)30(14-20(27)4)41-34(44)25-10-8-23(16-29(25)35(41)45)48(46,47)22-7-9-24-28(15-22)33(43)40(6)32(24)42/h7-16,31H,1-6H3. The molecule has 1 atom stereocenters. The van der Waals surface area contributed by atoms with E-state index in [1.807, 2.05) is 6.92 Å². The summed E-state index contributed by atoms with van der Waals surface area (Å²) in [6.07, 6.45) is -4.64. The van der Waals surface area contributed by atoms with Crippen LogP contribution in [0.25, 0.3) is 0 Å². The number of nitrogens with zero attached hydrogens (tertiary/aromatic N) is 2. The number of carbonyl (C=O) groups is 4. The third-order valence-corrected chi connectivity index (χ3v) is 10.9. The Kier molecular flexibility index (Phi) is 7.51. The summed E-state index contributed by atoms with van der Waals surface area (Å²) in [5, 5.41) is 0. The van der Waals surface area contributed by atoms with E-state index in [1.165, 1.54) is 51.2 Å². The molecule has 0 aromatic heterocycles. The van der Waals surface area contributed by atoms with E-state index in [1.54, 1.807) is 26.0 Å². The molecule has 2 aliphatic heterocycles. The highest BCUT2D eigenvalue weighted by atomic mass is 32.2. The summed E-state index contributed by atoms with van der Waals surface area (Å²) in [5.74, 6) is -4.76. The number of benzene rings is 4. The van der Waals surface area contributed by atoms with Gasteiger partial charge in [0.25, 0.3) is 23.6 Å². The minimum absolute atomic E-state index is 0.0131. The Morgan fingerprint density at radius 2 is 1.00 bits per heavy atom. The third-order valence-electron chi connectivity index (χ3n) is 9.20. The Bertz CT molecular complexity index is 2260. The largest absolute Gasteiger partial charge is 0.399 e. The van der Waals surface area contributed by atoms with Crippen LogP contribution in [0.2, 0.25) is 0 Å². The Balaban J connectivity index is 1.38. The van der Waals surface area contributed by atoms with Gasteiger partial charge in [-0.15, -0.1) is 0 Å². The lowest BCUT2D eigenvalue weighted by molar-refractivity contribution is -0.141. The molecule has 0 N–H and O–H groups in total. The fourth-order valence-corrected chi connectivity index (χ4v) is 7.75. The molecule has 8 nitrogen and oxygen atoms in total. The first-order valence-electron chi connectivity index (χ1n) is 14.8. The molecule has 0 spiro atoms. The summed E-state index contributed by atoms with van der Waals surface area (Å²) in [4.78, 5) is 53.1. The quantitative estimate of drug-likeness (QED) is 0.216. The average molecular weight is 675 g/mol. The van der Waals surface area contributed by atoms with Crippen molar-refractivity contribution >= 4 is 39.2 Å². The Morgan fingerprint density at radius 1 is 0.562 bits per heavy atom. The van der Waals surface area contributed by atoms with E-state index in [-0.39, 0.29) is 60.0 Å². The molecule has 2 heterocycles. The molecule has 0 saturated heterocycles. The van der Waals surface area contributed by atoms with Crippen LogP contribution in [0.4, 0.5) is 18.9 Å². The lowest BCUT2D eigenvalue weighted by atomic mass is 9.83. The highest BCUT2D eigenvalue weighted by molar-refractivity contribution is 7.91. The van der Waals surface area contributed by atoms with Gasteiger partial charge in [0.1, 0.15) is 5.92 Å². The second-order valence-corrected chi connectivity index (χ2v) is 14.2. The zero-order valence-corrected chi connectivity index (χ0v) is 27.6. The second kappa shape index (κ2) is 11.0. The molecule has 1 unspecified atom stereocenters. The van der Waals surface area contributed by atoms with Gasteiger partial charge in [-0.3, -0.25) is 24.1 Å². The van der Waals surface area contributed by atoms with Crippen molar-refractivity contribution in [3.63, 3.8) is 0 Å². The van der Waals surface area contributed by atoms with E-state index in [9.17, 15) is 40.8 Å². The van der Waals surface area contributed by atoms with E-state index >= 15 is 0 Å². The molecular weight excluding hydrogens is 645 g/mol. The molecule has 12 heteroatoms. The van der Waals surface area contributed by atoms with Gasteiger partial charge in [-0.1, -0.05) is 18.2 Å². The number of aryl methyl sites for hydroxylation is 5. The fourth-order valence-electron chi connectivity index (χ4n) is 6.44. The van der Waals surface area contributed by atoms with Crippen LogP contribution in [0, 0.1) is 34.6 Å². The van der Waals surface area contributed by atoms with Crippen molar-refractivity contribution in [3.05, 3.63) is 122 Å². The van der Waals surface area contributed by atoms with Crippen molar-refractivity contribution in [2.45, 2.75) is 56.5 Å². The van der Waals surface area contributed by atoms with Crippen molar-refractivity contribution in [1.82, 2.24) is 4.90 Å². The van der Waals surface area contributed by atoms with Crippen LogP contribution in [-0.2, 0) is 9.84 Å². The molecule has 0 radical (unpaired) electrons. The topological polar surface area (TPSA) is 109 Å². The van der Waals surface area contributed by atoms with Gasteiger partial charge in [0.15, 0.2) is 0 Å². The number of anilines is 1. The maximum atomic E-state index is 14.7. The predicted octanol–water partition coefficient (Wildman–Crippen LogP) is 6.78. The number of carbonyl (C=O) groups excluding carboxylic acids is 4. The number of amides is 4. The van der Waals surface area contributed by atoms with Gasteiger partial charge < -0.3 is 0 Å². The smallest absolute Gasteiger partial charge is 0.277 e. The van der Waals surface area contributed by atoms with Crippen LogP contribution < -0.4 is 4.90 Å². The van der Waals surface area contributed by atoms with Gasteiger partial charge in [0.2, 0.25) is 9.84 Å². The summed E-state index contributed by atoms with van der Waals surface area (Å²) in [6.45, 7) is 8.21. The zero-order chi connectivity index (χ0) is 35.2. The maximum absolute atomic E-state index is 14.7. The number of halogens is 3. The van der Waals surface area contributed by atoms with E-state index in [0.717, 1.165) is 39.1 Å². The second-order valence-electron chi connectivity index (χ2n) is 12.3. The SMILES string of the molecule is Cc1cc(C)c(C(c2cc(C)c(N3C(=O)c4ccc(S(=O)(=O)c5ccc6c(c5)C(=O)N(C)C6=O)cc4C3=O)cc2C)C(F)(F)F)cc1C. The van der Waals surface area contributed by atoms with E-state index < -0.39 is 45.6 Å². The van der Waals surface area contributed by atoms with Crippen molar-refractivity contribution in [2.24, 2.45) is 0 Å². The van der Waals surface area contributed by atoms with Crippen LogP contribution in [0.1, 0.15) is 86.3 Å². The predicted molar refractivity (Wildman–Crippen MR) is 170 cm³/mol. The number of hydrogen-bond acceptors (Lipinski definition) is 6. The number of alkyl halides is 3. The zero-order valence-electron chi connectivity index (χ0n) is 26.7. The van der Waals surface area contributed by atoms with Gasteiger partial charge in [-0.25, -0.2) is 13.3 Å². The molecule has 0 fully saturated rings. The Morgan fingerprint density at radius 3 is 1.56 bits per heavy atom. The lowest BCUT2D eigenvalue weighted by Gasteiger charge is -2.27. The van der Waals surface area contributed by atoms with Gasteiger partial charge in [0.05, 0.1) is 37.7 Å². The van der Waals surface area contributed by atoms with Crippen molar-refractivity contribution in [3.8, 4) is 0 Å². The number of fused-ring (bicyclic) bond motifs is 2. The third kappa shape index (κ3) is 4.93. The van der Waals surface area contributed by atoms with Crippen molar-refractivity contribution in [2.75, 3.05) is 11.9 Å². The molecule has 0 saturated carbocycles. The first-order valence-corrected chi connectivity index (χ1v) is 16.3. The fraction of sp³-hybridized carbons (Fsp3) is 0.222. The summed E-state index contributed by atoms with van der Waals surface area (Å²) in [5.41, 5.74) is 2.43. The molecule has 2 aliphatic rings. The summed E-state index contributed by atoms with van der Waals surface area (Å²) in [6, 6.07) is 12.9. The first-order chi connectivity index (χ1) is 22.3. The van der Waals surface area contributed by atoms with Gasteiger partial charge in [-0.05, 0) is 116 Å². The minimum Gasteiger partial charge on any atom is -0.277 e. The normalized spacial score (nSPS) is 15.4. The molecule has 6 rings (SSSR count). The highest BCUT2D eigenvalue weighted by Crippen LogP contribution is 2.45. The maximum Gasteiger partial charge on any atom is 0.399 e. The number of imide groups is 2. The van der Waals surface area contributed by atoms with Gasteiger partial charge in [-0.2, -0.15) is 13.2 Å². The average Bonchev–Trinajstić information content (AvgIpc) is 3.39. The lowest BCUT2D eigenvalue weighted by Crippen LogP contribution is -2.30. The van der Waals surface area contributed by atoms with Crippen LogP contribution in [-0.4, -0.2) is 50.2 Å². The monoisotopic (exact) mass is 674 g/mol. The van der Waals surface area contributed by atoms with E-state index in [0.29, 0.717) is 5.56 Å². The van der Waals surface area contributed by atoms with E-state index in [2.05, 4.69) is 0 Å². The van der Waals surface area contributed by atoms with E-state index in [4.69, 9.17) is 0 Å². The number of sulfone groups is 1. The molecule has 4 amide bonds. The molecule has 0 bridgehead atoms. The van der Waals surface area contributed by atoms with Crippen molar-refractivity contribution in [1.29, 1.82) is 0 Å². The van der Waals surface area contributed by atoms with Crippen LogP contribution in [0.3, 0.4) is 0 Å². The van der Waals surface area contributed by atoms with Crippen LogP contribution >= 0.6 is 0 Å². The molecule has 4 aromatic rings. The summed E-state index contributed by atoms with van der Waals surface area (Å²) < 4.78 is 71.3. The van der Waals surface area contributed by atoms with Gasteiger partial charge in [0, 0.05) is 7.05 Å². The van der Waals surface area contributed by atoms with Crippen LogP contribution in [0.5, 0.6) is 0 Å². The Labute approximate surface area is 274 Å². The summed E-state index contributed by atoms with van der Waals surface area (Å²) >= 11 is 0. The minimum atomic E-state index is -4.64. The molecular formula is C36H29F3N2O6S. The summed E-state index contributed by atoms with van der Waals surface area (Å²) in [7, 11) is -3.03. The molecule has 4 aromatic carbocycles. The highest BCUT2D eigenvalue weighted by Gasteiger charge is 2.45. The molecule has 0 aliphatic carbocycles. The van der Waals surface area contributed by atoms with Gasteiger partial charge >= 0.3 is 6.18 Å². The first kappa shape index (κ1) is 32.8. The number of rotatable bonds is 5. The molecule has 48 heavy (non-hydrogen) atoms. The molecule has 246 valence electrons.